The lowest BCUT2D eigenvalue weighted by atomic mass is 10.1. The number of nitrogens with zero attached hydrogens (tertiary/aromatic N) is 1. The van der Waals surface area contributed by atoms with E-state index < -0.39 is 0 Å². The fourth-order valence-corrected chi connectivity index (χ4v) is 1.43. The van der Waals surface area contributed by atoms with Crippen molar-refractivity contribution in [3.05, 3.63) is 41.4 Å². The number of aliphatic hydroxyl groups excluding tert-OH is 1. The van der Waals surface area contributed by atoms with Crippen LogP contribution >= 0.6 is 0 Å². The molecule has 3 nitrogen and oxygen atoms in total. The van der Waals surface area contributed by atoms with Gasteiger partial charge in [-0.2, -0.15) is 0 Å². The second-order valence-electron chi connectivity index (χ2n) is 3.30. The Morgan fingerprint density at radius 1 is 1.40 bits per heavy atom. The first-order chi connectivity index (χ1) is 7.20. The zero-order chi connectivity index (χ0) is 10.8. The number of benzene rings is 1. The van der Waals surface area contributed by atoms with Gasteiger partial charge in [-0.05, 0) is 30.7 Å². The number of halogens is 1. The number of aromatic nitrogens is 1. The second kappa shape index (κ2) is 3.82. The van der Waals surface area contributed by atoms with Crippen molar-refractivity contribution in [1.82, 2.24) is 5.16 Å². The van der Waals surface area contributed by atoms with Gasteiger partial charge in [-0.15, -0.1) is 0 Å². The van der Waals surface area contributed by atoms with Gasteiger partial charge in [0.05, 0.1) is 0 Å². The van der Waals surface area contributed by atoms with Crippen molar-refractivity contribution in [3.8, 4) is 11.3 Å². The highest BCUT2D eigenvalue weighted by Crippen LogP contribution is 2.23. The van der Waals surface area contributed by atoms with Gasteiger partial charge in [0.1, 0.15) is 18.1 Å². The number of aryl methyl sites for hydroxylation is 1. The fourth-order valence-electron chi connectivity index (χ4n) is 1.43. The Hall–Kier alpha value is -1.68. The third-order valence-electron chi connectivity index (χ3n) is 2.18. The SMILES string of the molecule is Cc1cc(F)ccc1-c1cc(CO)on1. The van der Waals surface area contributed by atoms with Crippen LogP contribution in [0.3, 0.4) is 0 Å². The van der Waals surface area contributed by atoms with Crippen LogP contribution in [0.2, 0.25) is 0 Å². The summed E-state index contributed by atoms with van der Waals surface area (Å²) in [6.07, 6.45) is 0. The van der Waals surface area contributed by atoms with Crippen LogP contribution in [0.1, 0.15) is 11.3 Å². The minimum absolute atomic E-state index is 0.187. The minimum Gasteiger partial charge on any atom is -0.388 e. The summed E-state index contributed by atoms with van der Waals surface area (Å²) in [5.41, 5.74) is 2.20. The lowest BCUT2D eigenvalue weighted by Gasteiger charge is -2.00. The zero-order valence-electron chi connectivity index (χ0n) is 8.20. The first kappa shape index (κ1) is 9.86. The van der Waals surface area contributed by atoms with Crippen molar-refractivity contribution in [1.29, 1.82) is 0 Å². The molecule has 1 aromatic heterocycles. The molecule has 1 aromatic carbocycles. The average molecular weight is 207 g/mol. The lowest BCUT2D eigenvalue weighted by molar-refractivity contribution is 0.229. The Kier molecular flexibility index (Phi) is 2.51. The molecule has 78 valence electrons. The molecular formula is C11H10FNO2. The summed E-state index contributed by atoms with van der Waals surface area (Å²) in [7, 11) is 0. The molecule has 0 radical (unpaired) electrons. The summed E-state index contributed by atoms with van der Waals surface area (Å²) < 4.78 is 17.7. The molecule has 0 spiro atoms. The molecule has 0 bridgehead atoms. The standard InChI is InChI=1S/C11H10FNO2/c1-7-4-8(12)2-3-10(7)11-5-9(6-14)15-13-11/h2-5,14H,6H2,1H3. The Morgan fingerprint density at radius 3 is 2.80 bits per heavy atom. The monoisotopic (exact) mass is 207 g/mol. The Morgan fingerprint density at radius 2 is 2.20 bits per heavy atom. The normalized spacial score (nSPS) is 10.6. The Labute approximate surface area is 86.1 Å². The molecule has 15 heavy (non-hydrogen) atoms. The Bertz CT molecular complexity index is 479. The quantitative estimate of drug-likeness (QED) is 0.821. The summed E-state index contributed by atoms with van der Waals surface area (Å²) in [6.45, 7) is 1.61. The van der Waals surface area contributed by atoms with Crippen LogP contribution in [0, 0.1) is 12.7 Å². The van der Waals surface area contributed by atoms with Gasteiger partial charge >= 0.3 is 0 Å². The van der Waals surface area contributed by atoms with Gasteiger partial charge < -0.3 is 9.63 Å². The van der Waals surface area contributed by atoms with Crippen LogP contribution in [0.25, 0.3) is 11.3 Å². The van der Waals surface area contributed by atoms with Crippen molar-refractivity contribution < 1.29 is 14.0 Å². The summed E-state index contributed by atoms with van der Waals surface area (Å²) in [4.78, 5) is 0. The Balaban J connectivity index is 2.44. The highest BCUT2D eigenvalue weighted by Gasteiger charge is 2.08. The van der Waals surface area contributed by atoms with Crippen LogP contribution in [-0.4, -0.2) is 10.3 Å². The third-order valence-corrected chi connectivity index (χ3v) is 2.18. The summed E-state index contributed by atoms with van der Waals surface area (Å²) in [6, 6.07) is 6.09. The van der Waals surface area contributed by atoms with Crippen molar-refractivity contribution in [2.75, 3.05) is 0 Å². The summed E-state index contributed by atoms with van der Waals surface area (Å²) >= 11 is 0. The fraction of sp³-hybridized carbons (Fsp3) is 0.182. The van der Waals surface area contributed by atoms with E-state index in [1.165, 1.54) is 12.1 Å². The molecule has 0 amide bonds. The van der Waals surface area contributed by atoms with Crippen LogP contribution in [0.5, 0.6) is 0 Å². The minimum atomic E-state index is -0.276. The topological polar surface area (TPSA) is 46.3 Å². The zero-order valence-corrected chi connectivity index (χ0v) is 8.20. The maximum absolute atomic E-state index is 12.9. The maximum Gasteiger partial charge on any atom is 0.162 e. The van der Waals surface area contributed by atoms with Crippen LogP contribution < -0.4 is 0 Å². The molecule has 0 saturated heterocycles. The molecule has 1 N–H and O–H groups in total. The van der Waals surface area contributed by atoms with E-state index in [9.17, 15) is 4.39 Å². The maximum atomic E-state index is 12.9. The van der Waals surface area contributed by atoms with Gasteiger partial charge in [-0.3, -0.25) is 0 Å². The van der Waals surface area contributed by atoms with Crippen LogP contribution in [0.15, 0.2) is 28.8 Å². The van der Waals surface area contributed by atoms with E-state index in [4.69, 9.17) is 9.63 Å². The van der Waals surface area contributed by atoms with E-state index in [2.05, 4.69) is 5.16 Å². The molecule has 2 rings (SSSR count). The van der Waals surface area contributed by atoms with E-state index in [0.717, 1.165) is 11.1 Å². The first-order valence-electron chi connectivity index (χ1n) is 4.53. The van der Waals surface area contributed by atoms with Gasteiger partial charge in [-0.25, -0.2) is 4.39 Å². The third kappa shape index (κ3) is 1.89. The molecule has 0 aliphatic rings. The molecule has 0 aliphatic heterocycles. The molecule has 0 atom stereocenters. The van der Waals surface area contributed by atoms with E-state index in [0.29, 0.717) is 11.5 Å². The smallest absolute Gasteiger partial charge is 0.162 e. The second-order valence-corrected chi connectivity index (χ2v) is 3.30. The van der Waals surface area contributed by atoms with Crippen molar-refractivity contribution >= 4 is 0 Å². The van der Waals surface area contributed by atoms with Crippen molar-refractivity contribution in [2.24, 2.45) is 0 Å². The molecular weight excluding hydrogens is 197 g/mol. The molecule has 0 unspecified atom stereocenters. The van der Waals surface area contributed by atoms with E-state index in [-0.39, 0.29) is 12.4 Å². The van der Waals surface area contributed by atoms with E-state index in [1.54, 1.807) is 19.1 Å². The predicted octanol–water partition coefficient (Wildman–Crippen LogP) is 2.28. The molecule has 0 aliphatic carbocycles. The van der Waals surface area contributed by atoms with Crippen molar-refractivity contribution in [2.45, 2.75) is 13.5 Å². The lowest BCUT2D eigenvalue weighted by Crippen LogP contribution is -1.84. The average Bonchev–Trinajstić information content (AvgIpc) is 2.66. The van der Waals surface area contributed by atoms with E-state index >= 15 is 0 Å². The first-order valence-corrected chi connectivity index (χ1v) is 4.53. The molecule has 0 saturated carbocycles. The van der Waals surface area contributed by atoms with Gasteiger partial charge in [0, 0.05) is 11.6 Å². The van der Waals surface area contributed by atoms with Gasteiger partial charge in [0.25, 0.3) is 0 Å². The number of rotatable bonds is 2. The summed E-state index contributed by atoms with van der Waals surface area (Å²) in [5, 5.41) is 12.6. The summed E-state index contributed by atoms with van der Waals surface area (Å²) in [5.74, 6) is 0.121. The van der Waals surface area contributed by atoms with Crippen LogP contribution in [0.4, 0.5) is 4.39 Å². The number of hydrogen-bond acceptors (Lipinski definition) is 3. The van der Waals surface area contributed by atoms with E-state index in [1.807, 2.05) is 0 Å². The molecule has 1 heterocycles. The number of aliphatic hydroxyl groups is 1. The predicted molar refractivity (Wildman–Crippen MR) is 52.6 cm³/mol. The molecule has 2 aromatic rings. The molecule has 4 heteroatoms. The van der Waals surface area contributed by atoms with Gasteiger partial charge in [-0.1, -0.05) is 5.16 Å². The largest absolute Gasteiger partial charge is 0.388 e. The van der Waals surface area contributed by atoms with Crippen LogP contribution in [-0.2, 0) is 6.61 Å². The highest BCUT2D eigenvalue weighted by atomic mass is 19.1. The number of hydrogen-bond donors (Lipinski definition) is 1. The van der Waals surface area contributed by atoms with Gasteiger partial charge in [0.2, 0.25) is 0 Å². The van der Waals surface area contributed by atoms with Gasteiger partial charge in [0.15, 0.2) is 5.76 Å². The highest BCUT2D eigenvalue weighted by molar-refractivity contribution is 5.63. The molecule has 0 fully saturated rings. The van der Waals surface area contributed by atoms with Crippen molar-refractivity contribution in [3.63, 3.8) is 0 Å².